The maximum Gasteiger partial charge on any atom is 0.304 e. The molecule has 0 amide bonds. The van der Waals surface area contributed by atoms with Crippen LogP contribution in [0.4, 0.5) is 23.4 Å². The quantitative estimate of drug-likeness (QED) is 0.369. The number of rotatable bonds is 5. The number of imidazole rings is 1. The second-order valence-electron chi connectivity index (χ2n) is 9.97. The maximum absolute atomic E-state index is 15.2. The van der Waals surface area contributed by atoms with E-state index in [4.69, 9.17) is 15.5 Å². The molecule has 1 aliphatic carbocycles. The molecule has 2 saturated heterocycles. The molecule has 7 rings (SSSR count). The van der Waals surface area contributed by atoms with E-state index in [0.717, 1.165) is 37.1 Å². The van der Waals surface area contributed by atoms with E-state index < -0.39 is 39.7 Å². The van der Waals surface area contributed by atoms with Gasteiger partial charge < -0.3 is 15.6 Å². The third-order valence-corrected chi connectivity index (χ3v) is 7.91. The minimum atomic E-state index is -3.88. The van der Waals surface area contributed by atoms with Crippen molar-refractivity contribution in [2.24, 2.45) is 0 Å². The van der Waals surface area contributed by atoms with E-state index >= 15 is 13.2 Å². The number of nitrogens with two attached hydrogens (primary N) is 1. The summed E-state index contributed by atoms with van der Waals surface area (Å²) in [5.41, 5.74) is 4.37. The zero-order valence-electron chi connectivity index (χ0n) is 19.7. The zero-order valence-corrected chi connectivity index (χ0v) is 19.7. The maximum atomic E-state index is 15.2. The van der Waals surface area contributed by atoms with Crippen LogP contribution in [0.25, 0.3) is 16.8 Å². The van der Waals surface area contributed by atoms with Crippen molar-refractivity contribution in [1.29, 1.82) is 0 Å². The lowest BCUT2D eigenvalue weighted by molar-refractivity contribution is -0.177. The normalized spacial score (nSPS) is 23.6. The Morgan fingerprint density at radius 1 is 1.03 bits per heavy atom. The molecule has 0 unspecified atom stereocenters. The summed E-state index contributed by atoms with van der Waals surface area (Å²) in [6, 6.07) is 7.67. The minimum Gasteiger partial charge on any atom is -0.393 e. The zero-order chi connectivity index (χ0) is 26.0. The Labute approximate surface area is 209 Å². The molecule has 4 heterocycles. The highest BCUT2D eigenvalue weighted by Crippen LogP contribution is 2.50. The SMILES string of the molecule is Nc1nccn2c(C34CCC(CO)(CC3)OC4)nc(-c3ccc(C(F)(F)c4ccccc4F)c(F)c3)c12. The molecule has 192 valence electrons. The Kier molecular flexibility index (Phi) is 5.33. The summed E-state index contributed by atoms with van der Waals surface area (Å²) in [5, 5.41) is 9.79. The van der Waals surface area contributed by atoms with Crippen LogP contribution in [0.5, 0.6) is 0 Å². The van der Waals surface area contributed by atoms with Crippen molar-refractivity contribution in [3.63, 3.8) is 0 Å². The number of benzene rings is 2. The van der Waals surface area contributed by atoms with Gasteiger partial charge in [-0.25, -0.2) is 18.7 Å². The highest BCUT2D eigenvalue weighted by Gasteiger charge is 2.52. The molecular formula is C27H24F4N4O2. The summed E-state index contributed by atoms with van der Waals surface area (Å²) >= 11 is 0. The number of nitrogens with zero attached hydrogens (tertiary/aromatic N) is 3. The molecule has 2 aromatic carbocycles. The molecule has 10 heteroatoms. The summed E-state index contributed by atoms with van der Waals surface area (Å²) in [6.07, 6.45) is 6.06. The minimum absolute atomic E-state index is 0.0450. The molecule has 1 saturated carbocycles. The highest BCUT2D eigenvalue weighted by atomic mass is 19.3. The number of halogens is 4. The topological polar surface area (TPSA) is 85.7 Å². The van der Waals surface area contributed by atoms with E-state index in [2.05, 4.69) is 4.98 Å². The second-order valence-corrected chi connectivity index (χ2v) is 9.97. The van der Waals surface area contributed by atoms with Gasteiger partial charge in [-0.1, -0.05) is 18.2 Å². The standard InChI is InChI=1S/C27H24F4N4O2/c28-19-4-2-1-3-17(19)27(30,31)18-6-5-16(13-20(18)29)21-22-23(32)33-11-12-35(22)24(34-21)25-7-9-26(14-36,10-8-25)37-15-25/h1-6,11-13,36H,7-10,14-15H2,(H2,32,33). The van der Waals surface area contributed by atoms with Crippen LogP contribution in [0, 0.1) is 11.6 Å². The first-order valence-electron chi connectivity index (χ1n) is 12.0. The van der Waals surface area contributed by atoms with E-state index in [-0.39, 0.29) is 18.0 Å². The summed E-state index contributed by atoms with van der Waals surface area (Å²) in [4.78, 5) is 9.01. The number of anilines is 1. The largest absolute Gasteiger partial charge is 0.393 e. The molecule has 37 heavy (non-hydrogen) atoms. The molecule has 6 nitrogen and oxygen atoms in total. The highest BCUT2D eigenvalue weighted by molar-refractivity contribution is 5.85. The van der Waals surface area contributed by atoms with Crippen molar-refractivity contribution >= 4 is 11.3 Å². The fourth-order valence-electron chi connectivity index (χ4n) is 5.67. The van der Waals surface area contributed by atoms with Gasteiger partial charge in [0.25, 0.3) is 0 Å². The van der Waals surface area contributed by atoms with E-state index in [1.807, 2.05) is 0 Å². The number of fused-ring (bicyclic) bond motifs is 4. The van der Waals surface area contributed by atoms with Crippen LogP contribution in [0.2, 0.25) is 0 Å². The van der Waals surface area contributed by atoms with Crippen LogP contribution in [-0.4, -0.2) is 38.3 Å². The Balaban J connectivity index is 1.46. The van der Waals surface area contributed by atoms with Crippen molar-refractivity contribution in [2.45, 2.75) is 42.6 Å². The second kappa shape index (κ2) is 8.26. The summed E-state index contributed by atoms with van der Waals surface area (Å²) < 4.78 is 67.4. The third kappa shape index (κ3) is 3.53. The molecule has 0 spiro atoms. The van der Waals surface area contributed by atoms with E-state index in [9.17, 15) is 9.50 Å². The van der Waals surface area contributed by atoms with Crippen molar-refractivity contribution < 1.29 is 27.4 Å². The van der Waals surface area contributed by atoms with E-state index in [0.29, 0.717) is 36.5 Å². The fraction of sp³-hybridized carbons (Fsp3) is 0.333. The third-order valence-electron chi connectivity index (χ3n) is 7.91. The van der Waals surface area contributed by atoms with Crippen LogP contribution in [0.1, 0.15) is 42.6 Å². The molecule has 2 bridgehead atoms. The van der Waals surface area contributed by atoms with Crippen LogP contribution < -0.4 is 5.73 Å². The van der Waals surface area contributed by atoms with Crippen molar-refractivity contribution in [3.05, 3.63) is 83.4 Å². The molecule has 4 aromatic rings. The molecular weight excluding hydrogens is 488 g/mol. The van der Waals surface area contributed by atoms with E-state index in [1.54, 1.807) is 10.6 Å². The Morgan fingerprint density at radius 3 is 2.41 bits per heavy atom. The van der Waals surface area contributed by atoms with Crippen molar-refractivity contribution in [3.8, 4) is 11.3 Å². The van der Waals surface area contributed by atoms with Crippen molar-refractivity contribution in [1.82, 2.24) is 14.4 Å². The predicted octanol–water partition coefficient (Wildman–Crippen LogP) is 4.97. The number of aromatic nitrogens is 3. The van der Waals surface area contributed by atoms with Gasteiger partial charge in [0.2, 0.25) is 0 Å². The summed E-state index contributed by atoms with van der Waals surface area (Å²) in [7, 11) is 0. The summed E-state index contributed by atoms with van der Waals surface area (Å²) in [5.74, 6) is -5.37. The van der Waals surface area contributed by atoms with Gasteiger partial charge in [0.1, 0.15) is 34.5 Å². The monoisotopic (exact) mass is 512 g/mol. The molecule has 3 N–H and O–H groups in total. The lowest BCUT2D eigenvalue weighted by Gasteiger charge is -2.51. The van der Waals surface area contributed by atoms with E-state index in [1.165, 1.54) is 24.4 Å². The average molecular weight is 513 g/mol. The lowest BCUT2D eigenvalue weighted by Crippen LogP contribution is -2.55. The molecule has 0 radical (unpaired) electrons. The molecule has 2 aromatic heterocycles. The van der Waals surface area contributed by atoms with Gasteiger partial charge in [-0.2, -0.15) is 8.78 Å². The van der Waals surface area contributed by atoms with Gasteiger partial charge in [-0.3, -0.25) is 4.40 Å². The average Bonchev–Trinajstić information content (AvgIpc) is 3.31. The first-order chi connectivity index (χ1) is 17.7. The van der Waals surface area contributed by atoms with Crippen LogP contribution in [0.15, 0.2) is 54.9 Å². The molecule has 3 fully saturated rings. The molecule has 0 atom stereocenters. The summed E-state index contributed by atoms with van der Waals surface area (Å²) in [6.45, 7) is 0.313. The fourth-order valence-corrected chi connectivity index (χ4v) is 5.67. The predicted molar refractivity (Wildman–Crippen MR) is 128 cm³/mol. The van der Waals surface area contributed by atoms with Gasteiger partial charge >= 0.3 is 5.92 Å². The first kappa shape index (κ1) is 23.9. The first-order valence-corrected chi connectivity index (χ1v) is 12.0. The Morgan fingerprint density at radius 2 is 1.76 bits per heavy atom. The Hall–Kier alpha value is -3.50. The lowest BCUT2D eigenvalue weighted by atomic mass is 9.66. The van der Waals surface area contributed by atoms with Crippen LogP contribution in [0.3, 0.4) is 0 Å². The Bertz CT molecular complexity index is 1500. The number of hydrogen-bond acceptors (Lipinski definition) is 5. The number of alkyl halides is 2. The smallest absolute Gasteiger partial charge is 0.304 e. The number of ether oxygens (including phenoxy) is 1. The van der Waals surface area contributed by atoms with Gasteiger partial charge in [0.15, 0.2) is 0 Å². The van der Waals surface area contributed by atoms with Gasteiger partial charge in [-0.15, -0.1) is 0 Å². The number of nitrogen functional groups attached to an aromatic ring is 1. The van der Waals surface area contributed by atoms with Crippen LogP contribution >= 0.6 is 0 Å². The molecule has 3 aliphatic rings. The van der Waals surface area contributed by atoms with Crippen LogP contribution in [-0.2, 0) is 16.1 Å². The molecule has 2 aliphatic heterocycles. The van der Waals surface area contributed by atoms with Gasteiger partial charge in [0, 0.05) is 18.0 Å². The van der Waals surface area contributed by atoms with Crippen molar-refractivity contribution in [2.75, 3.05) is 18.9 Å². The number of aliphatic hydroxyl groups excluding tert-OH is 1. The van der Waals surface area contributed by atoms with Gasteiger partial charge in [-0.05, 0) is 49.9 Å². The van der Waals surface area contributed by atoms with Gasteiger partial charge in [0.05, 0.1) is 35.4 Å². The number of hydrogen-bond donors (Lipinski definition) is 2. The number of aliphatic hydroxyl groups is 1.